The van der Waals surface area contributed by atoms with Gasteiger partial charge in [-0.1, -0.05) is 12.1 Å². The van der Waals surface area contributed by atoms with Crippen LogP contribution in [0.4, 0.5) is 11.4 Å². The Morgan fingerprint density at radius 1 is 1.25 bits per heavy atom. The van der Waals surface area contributed by atoms with Gasteiger partial charge in [-0.3, -0.25) is 9.78 Å². The predicted octanol–water partition coefficient (Wildman–Crippen LogP) is 2.41. The van der Waals surface area contributed by atoms with Gasteiger partial charge in [0, 0.05) is 24.0 Å². The van der Waals surface area contributed by atoms with E-state index in [0.717, 1.165) is 5.69 Å². The maximum atomic E-state index is 12.2. The highest BCUT2D eigenvalue weighted by molar-refractivity contribution is 6.09. The Morgan fingerprint density at radius 2 is 2.10 bits per heavy atom. The standard InChI is InChI=1S/C15H13N3O2/c19-14-11-5-1-2-6-13(11)17-9-12(14)15(20)18-10-4-3-7-16-8-10/h1-8,17,19H,9H2,(H,18,20). The van der Waals surface area contributed by atoms with Crippen molar-refractivity contribution in [2.75, 3.05) is 17.2 Å². The van der Waals surface area contributed by atoms with E-state index in [1.807, 2.05) is 18.2 Å². The van der Waals surface area contributed by atoms with Gasteiger partial charge in [0.25, 0.3) is 5.91 Å². The number of fused-ring (bicyclic) bond motifs is 1. The van der Waals surface area contributed by atoms with Crippen LogP contribution in [0.1, 0.15) is 5.56 Å². The minimum Gasteiger partial charge on any atom is -0.507 e. The third kappa shape index (κ3) is 2.21. The summed E-state index contributed by atoms with van der Waals surface area (Å²) in [6.07, 6.45) is 3.19. The fourth-order valence-corrected chi connectivity index (χ4v) is 2.10. The number of carbonyl (C=O) groups excluding carboxylic acids is 1. The molecule has 2 heterocycles. The molecule has 0 spiro atoms. The second-order valence-corrected chi connectivity index (χ2v) is 4.42. The first-order valence-electron chi connectivity index (χ1n) is 6.22. The van der Waals surface area contributed by atoms with E-state index in [2.05, 4.69) is 15.6 Å². The van der Waals surface area contributed by atoms with Gasteiger partial charge in [0.05, 0.1) is 17.5 Å². The molecule has 3 rings (SSSR count). The molecule has 0 aliphatic carbocycles. The summed E-state index contributed by atoms with van der Waals surface area (Å²) in [5.41, 5.74) is 2.36. The molecule has 1 amide bonds. The van der Waals surface area contributed by atoms with Gasteiger partial charge >= 0.3 is 0 Å². The number of amides is 1. The van der Waals surface area contributed by atoms with Crippen molar-refractivity contribution in [2.24, 2.45) is 0 Å². The van der Waals surface area contributed by atoms with E-state index in [9.17, 15) is 9.90 Å². The molecule has 1 aliphatic heterocycles. The molecule has 0 fully saturated rings. The first-order chi connectivity index (χ1) is 9.75. The fraction of sp³-hybridized carbons (Fsp3) is 0.0667. The quantitative estimate of drug-likeness (QED) is 0.781. The number of benzene rings is 1. The second-order valence-electron chi connectivity index (χ2n) is 4.42. The summed E-state index contributed by atoms with van der Waals surface area (Å²) in [6.45, 7) is 0.287. The number of carbonyl (C=O) groups is 1. The lowest BCUT2D eigenvalue weighted by Crippen LogP contribution is -2.24. The lowest BCUT2D eigenvalue weighted by Gasteiger charge is -2.20. The third-order valence-electron chi connectivity index (χ3n) is 3.12. The van der Waals surface area contributed by atoms with E-state index in [1.165, 1.54) is 0 Å². The number of hydrogen-bond donors (Lipinski definition) is 3. The molecule has 20 heavy (non-hydrogen) atoms. The van der Waals surface area contributed by atoms with Crippen LogP contribution in [0, 0.1) is 0 Å². The van der Waals surface area contributed by atoms with Crippen molar-refractivity contribution in [3.8, 4) is 0 Å². The van der Waals surface area contributed by atoms with Crippen LogP contribution in [0.15, 0.2) is 54.4 Å². The second kappa shape index (κ2) is 5.05. The maximum absolute atomic E-state index is 12.2. The largest absolute Gasteiger partial charge is 0.507 e. The average Bonchev–Trinajstić information content (AvgIpc) is 2.49. The Bertz CT molecular complexity index is 681. The molecule has 3 N–H and O–H groups in total. The van der Waals surface area contributed by atoms with Crippen LogP contribution in [-0.4, -0.2) is 22.5 Å². The van der Waals surface area contributed by atoms with Crippen molar-refractivity contribution >= 4 is 23.0 Å². The number of pyridine rings is 1. The van der Waals surface area contributed by atoms with Crippen LogP contribution in [-0.2, 0) is 4.79 Å². The van der Waals surface area contributed by atoms with Gasteiger partial charge in [-0.2, -0.15) is 0 Å². The Kier molecular flexibility index (Phi) is 3.09. The SMILES string of the molecule is O=C(Nc1cccnc1)C1=C(O)c2ccccc2NC1. The Labute approximate surface area is 116 Å². The molecule has 1 aromatic heterocycles. The van der Waals surface area contributed by atoms with Crippen LogP contribution in [0.5, 0.6) is 0 Å². The summed E-state index contributed by atoms with van der Waals surface area (Å²) in [4.78, 5) is 16.1. The molecular formula is C15H13N3O2. The van der Waals surface area contributed by atoms with Gasteiger partial charge in [-0.25, -0.2) is 0 Å². The molecule has 0 unspecified atom stereocenters. The monoisotopic (exact) mass is 267 g/mol. The van der Waals surface area contributed by atoms with E-state index in [1.54, 1.807) is 30.6 Å². The van der Waals surface area contributed by atoms with E-state index in [4.69, 9.17) is 0 Å². The summed E-state index contributed by atoms with van der Waals surface area (Å²) in [6, 6.07) is 10.8. The summed E-state index contributed by atoms with van der Waals surface area (Å²) >= 11 is 0. The molecule has 1 aromatic carbocycles. The van der Waals surface area contributed by atoms with Gasteiger partial charge < -0.3 is 15.7 Å². The molecule has 0 saturated heterocycles. The number of rotatable bonds is 2. The van der Waals surface area contributed by atoms with Crippen LogP contribution >= 0.6 is 0 Å². The lowest BCUT2D eigenvalue weighted by molar-refractivity contribution is -0.112. The number of aliphatic hydroxyl groups is 1. The summed E-state index contributed by atoms with van der Waals surface area (Å²) in [5, 5.41) is 16.1. The minimum absolute atomic E-state index is 0.0146. The van der Waals surface area contributed by atoms with Crippen LogP contribution in [0.2, 0.25) is 0 Å². The van der Waals surface area contributed by atoms with Crippen molar-refractivity contribution in [1.29, 1.82) is 0 Å². The molecule has 2 aromatic rings. The predicted molar refractivity (Wildman–Crippen MR) is 77.3 cm³/mol. The van der Waals surface area contributed by atoms with Crippen molar-refractivity contribution in [3.05, 3.63) is 59.9 Å². The number of nitrogens with one attached hydrogen (secondary N) is 2. The van der Waals surface area contributed by atoms with Crippen LogP contribution < -0.4 is 10.6 Å². The summed E-state index contributed by atoms with van der Waals surface area (Å²) in [5.74, 6) is -0.321. The van der Waals surface area contributed by atoms with Crippen LogP contribution in [0.3, 0.4) is 0 Å². The Balaban J connectivity index is 1.89. The minimum atomic E-state index is -0.336. The Hall–Kier alpha value is -2.82. The maximum Gasteiger partial charge on any atom is 0.257 e. The zero-order valence-corrected chi connectivity index (χ0v) is 10.6. The zero-order chi connectivity index (χ0) is 13.9. The van der Waals surface area contributed by atoms with Gasteiger partial charge in [-0.05, 0) is 24.3 Å². The number of para-hydroxylation sites is 1. The molecule has 1 aliphatic rings. The fourth-order valence-electron chi connectivity index (χ4n) is 2.10. The zero-order valence-electron chi connectivity index (χ0n) is 10.6. The highest BCUT2D eigenvalue weighted by Gasteiger charge is 2.22. The smallest absolute Gasteiger partial charge is 0.257 e. The molecule has 5 nitrogen and oxygen atoms in total. The highest BCUT2D eigenvalue weighted by atomic mass is 16.3. The van der Waals surface area contributed by atoms with Crippen molar-refractivity contribution in [1.82, 2.24) is 4.98 Å². The highest BCUT2D eigenvalue weighted by Crippen LogP contribution is 2.29. The molecule has 100 valence electrons. The van der Waals surface area contributed by atoms with Crippen molar-refractivity contribution in [3.63, 3.8) is 0 Å². The molecule has 5 heteroatoms. The van der Waals surface area contributed by atoms with Crippen molar-refractivity contribution < 1.29 is 9.90 Å². The topological polar surface area (TPSA) is 74.2 Å². The summed E-state index contributed by atoms with van der Waals surface area (Å²) < 4.78 is 0. The van der Waals surface area contributed by atoms with Gasteiger partial charge in [0.1, 0.15) is 5.76 Å². The number of aromatic nitrogens is 1. The average molecular weight is 267 g/mol. The first-order valence-corrected chi connectivity index (χ1v) is 6.22. The third-order valence-corrected chi connectivity index (χ3v) is 3.12. The molecule has 0 bridgehead atoms. The normalized spacial score (nSPS) is 13.4. The molecule has 0 radical (unpaired) electrons. The van der Waals surface area contributed by atoms with Crippen molar-refractivity contribution in [2.45, 2.75) is 0 Å². The van der Waals surface area contributed by atoms with Crippen LogP contribution in [0.25, 0.3) is 5.76 Å². The number of anilines is 2. The molecule has 0 saturated carbocycles. The van der Waals surface area contributed by atoms with E-state index in [0.29, 0.717) is 16.8 Å². The van der Waals surface area contributed by atoms with E-state index >= 15 is 0 Å². The summed E-state index contributed by atoms with van der Waals surface area (Å²) in [7, 11) is 0. The van der Waals surface area contributed by atoms with Gasteiger partial charge in [-0.15, -0.1) is 0 Å². The number of nitrogens with zero attached hydrogens (tertiary/aromatic N) is 1. The van der Waals surface area contributed by atoms with E-state index in [-0.39, 0.29) is 18.2 Å². The number of hydrogen-bond acceptors (Lipinski definition) is 4. The molecule has 0 atom stereocenters. The van der Waals surface area contributed by atoms with E-state index < -0.39 is 0 Å². The first kappa shape index (κ1) is 12.2. The van der Waals surface area contributed by atoms with Gasteiger partial charge in [0.15, 0.2) is 0 Å². The van der Waals surface area contributed by atoms with Gasteiger partial charge in [0.2, 0.25) is 0 Å². The molecular weight excluding hydrogens is 254 g/mol. The lowest BCUT2D eigenvalue weighted by atomic mass is 10.0. The Morgan fingerprint density at radius 3 is 2.90 bits per heavy atom. The number of aliphatic hydroxyl groups excluding tert-OH is 1.